The number of unbranched alkanes of at least 4 members (excludes halogenated alkanes) is 1. The molecule has 4 nitrogen and oxygen atoms in total. The number of aliphatic hydroxyl groups excluding tert-OH is 2. The number of aliphatic hydroxyl groups is 2. The molecule has 0 aliphatic rings. The van der Waals surface area contributed by atoms with Crippen molar-refractivity contribution >= 4 is 5.91 Å². The van der Waals surface area contributed by atoms with Gasteiger partial charge in [0.2, 0.25) is 5.91 Å². The molecule has 0 saturated carbocycles. The lowest BCUT2D eigenvalue weighted by Crippen LogP contribution is -2.46. The van der Waals surface area contributed by atoms with E-state index in [9.17, 15) is 15.0 Å². The molecule has 2 unspecified atom stereocenters. The van der Waals surface area contributed by atoms with Crippen molar-refractivity contribution in [3.8, 4) is 0 Å². The van der Waals surface area contributed by atoms with Crippen LogP contribution < -0.4 is 5.32 Å². The van der Waals surface area contributed by atoms with Crippen LogP contribution in [0.4, 0.5) is 0 Å². The zero-order valence-electron chi connectivity index (χ0n) is 14.0. The third-order valence-electron chi connectivity index (χ3n) is 4.09. The summed E-state index contributed by atoms with van der Waals surface area (Å²) in [5.41, 5.74) is 0. The molecule has 0 aliphatic heterocycles. The molecule has 0 saturated heterocycles. The monoisotopic (exact) mass is 299 g/mol. The Bertz CT molecular complexity index is 304. The van der Waals surface area contributed by atoms with Crippen LogP contribution in [0.3, 0.4) is 0 Å². The van der Waals surface area contributed by atoms with E-state index in [4.69, 9.17) is 0 Å². The highest BCUT2D eigenvalue weighted by atomic mass is 16.3. The summed E-state index contributed by atoms with van der Waals surface area (Å²) < 4.78 is 0. The summed E-state index contributed by atoms with van der Waals surface area (Å²) in [7, 11) is 0. The maximum Gasteiger partial charge on any atom is 0.223 e. The maximum atomic E-state index is 11.8. The molecular weight excluding hydrogens is 266 g/mol. The standard InChI is InChI=1S/C17H33NO3/c1-5-13(3)10-8-7-9-11-16(20)15(12-19)18-17(21)14(4)6-2/h9,11,13-16,19-20H,5-8,10,12H2,1-4H3,(H,18,21)/b11-9+/t13?,14?,15-,16+/m0/s1. The van der Waals surface area contributed by atoms with Crippen LogP contribution in [0.1, 0.15) is 59.8 Å². The van der Waals surface area contributed by atoms with E-state index in [0.29, 0.717) is 0 Å². The number of nitrogens with one attached hydrogen (secondary N) is 1. The van der Waals surface area contributed by atoms with E-state index in [0.717, 1.165) is 25.2 Å². The van der Waals surface area contributed by atoms with E-state index in [-0.39, 0.29) is 18.4 Å². The van der Waals surface area contributed by atoms with Crippen molar-refractivity contribution in [2.24, 2.45) is 11.8 Å². The van der Waals surface area contributed by atoms with Crippen LogP contribution >= 0.6 is 0 Å². The van der Waals surface area contributed by atoms with Gasteiger partial charge in [-0.2, -0.15) is 0 Å². The Morgan fingerprint density at radius 2 is 1.90 bits per heavy atom. The molecular formula is C17H33NO3. The molecule has 0 spiro atoms. The number of amides is 1. The van der Waals surface area contributed by atoms with Crippen molar-refractivity contribution in [2.45, 2.75) is 71.9 Å². The lowest BCUT2D eigenvalue weighted by Gasteiger charge is -2.21. The topological polar surface area (TPSA) is 69.6 Å². The van der Waals surface area contributed by atoms with Crippen LogP contribution in [0.2, 0.25) is 0 Å². The molecule has 21 heavy (non-hydrogen) atoms. The molecule has 124 valence electrons. The third kappa shape index (κ3) is 8.89. The fraction of sp³-hybridized carbons (Fsp3) is 0.824. The number of rotatable bonds is 11. The van der Waals surface area contributed by atoms with Crippen LogP contribution in [-0.4, -0.2) is 34.9 Å². The van der Waals surface area contributed by atoms with E-state index in [1.165, 1.54) is 12.8 Å². The van der Waals surface area contributed by atoms with Gasteiger partial charge in [-0.15, -0.1) is 0 Å². The average Bonchev–Trinajstić information content (AvgIpc) is 2.50. The number of allylic oxidation sites excluding steroid dienone is 1. The first kappa shape index (κ1) is 20.1. The van der Waals surface area contributed by atoms with Gasteiger partial charge in [-0.3, -0.25) is 4.79 Å². The molecule has 4 atom stereocenters. The quantitative estimate of drug-likeness (QED) is 0.406. The molecule has 0 rings (SSSR count). The molecule has 0 aromatic rings. The second kappa shape index (κ2) is 11.8. The van der Waals surface area contributed by atoms with E-state index >= 15 is 0 Å². The molecule has 0 radical (unpaired) electrons. The van der Waals surface area contributed by atoms with E-state index in [1.807, 2.05) is 19.9 Å². The van der Waals surface area contributed by atoms with Gasteiger partial charge in [0.25, 0.3) is 0 Å². The van der Waals surface area contributed by atoms with Crippen molar-refractivity contribution in [3.05, 3.63) is 12.2 Å². The lowest BCUT2D eigenvalue weighted by molar-refractivity contribution is -0.126. The van der Waals surface area contributed by atoms with Gasteiger partial charge in [0.1, 0.15) is 0 Å². The molecule has 0 aliphatic carbocycles. The molecule has 3 N–H and O–H groups in total. The van der Waals surface area contributed by atoms with Gasteiger partial charge < -0.3 is 15.5 Å². The first-order chi connectivity index (χ1) is 9.96. The Hall–Kier alpha value is -0.870. The highest BCUT2D eigenvalue weighted by Gasteiger charge is 2.20. The zero-order valence-corrected chi connectivity index (χ0v) is 14.0. The minimum atomic E-state index is -0.841. The number of hydrogen-bond acceptors (Lipinski definition) is 3. The maximum absolute atomic E-state index is 11.8. The molecule has 0 aromatic heterocycles. The van der Waals surface area contributed by atoms with Crippen molar-refractivity contribution in [1.29, 1.82) is 0 Å². The van der Waals surface area contributed by atoms with Crippen LogP contribution in [0.5, 0.6) is 0 Å². The first-order valence-electron chi connectivity index (χ1n) is 8.22. The smallest absolute Gasteiger partial charge is 0.223 e. The number of carbonyl (C=O) groups is 1. The fourth-order valence-electron chi connectivity index (χ4n) is 1.91. The second-order valence-corrected chi connectivity index (χ2v) is 5.97. The number of carbonyl (C=O) groups excluding carboxylic acids is 1. The largest absolute Gasteiger partial charge is 0.394 e. The highest BCUT2D eigenvalue weighted by Crippen LogP contribution is 2.11. The van der Waals surface area contributed by atoms with Gasteiger partial charge in [-0.05, 0) is 25.2 Å². The van der Waals surface area contributed by atoms with E-state index < -0.39 is 12.1 Å². The average molecular weight is 299 g/mol. The molecule has 0 fully saturated rings. The summed E-state index contributed by atoms with van der Waals surface area (Å²) in [5, 5.41) is 22.0. The Labute approximate surface area is 129 Å². The summed E-state index contributed by atoms with van der Waals surface area (Å²) in [6.45, 7) is 7.94. The zero-order chi connectivity index (χ0) is 16.3. The summed E-state index contributed by atoms with van der Waals surface area (Å²) in [5.74, 6) is 0.509. The van der Waals surface area contributed by atoms with E-state index in [1.54, 1.807) is 6.08 Å². The predicted octanol–water partition coefficient (Wildman–Crippen LogP) is 2.64. The van der Waals surface area contributed by atoms with Crippen molar-refractivity contribution in [2.75, 3.05) is 6.61 Å². The summed E-state index contributed by atoms with van der Waals surface area (Å²) in [6, 6.07) is -0.627. The van der Waals surface area contributed by atoms with Crippen LogP contribution in [0, 0.1) is 11.8 Å². The van der Waals surface area contributed by atoms with Crippen molar-refractivity contribution < 1.29 is 15.0 Å². The minimum Gasteiger partial charge on any atom is -0.394 e. The molecule has 0 aromatic carbocycles. The predicted molar refractivity (Wildman–Crippen MR) is 86.9 cm³/mol. The SMILES string of the molecule is CCC(C)CCC/C=C/[C@@H](O)[C@H](CO)NC(=O)C(C)CC. The molecule has 0 bridgehead atoms. The van der Waals surface area contributed by atoms with Gasteiger partial charge in [0.05, 0.1) is 18.8 Å². The molecule has 4 heteroatoms. The first-order valence-corrected chi connectivity index (χ1v) is 8.22. The van der Waals surface area contributed by atoms with Gasteiger partial charge in [-0.1, -0.05) is 52.7 Å². The Morgan fingerprint density at radius 1 is 1.24 bits per heavy atom. The Kier molecular flexibility index (Phi) is 11.3. The third-order valence-corrected chi connectivity index (χ3v) is 4.09. The van der Waals surface area contributed by atoms with Crippen molar-refractivity contribution in [3.63, 3.8) is 0 Å². The summed E-state index contributed by atoms with van der Waals surface area (Å²) >= 11 is 0. The molecule has 1 amide bonds. The lowest BCUT2D eigenvalue weighted by atomic mass is 10.0. The summed E-state index contributed by atoms with van der Waals surface area (Å²) in [4.78, 5) is 11.8. The second-order valence-electron chi connectivity index (χ2n) is 5.97. The van der Waals surface area contributed by atoms with Gasteiger partial charge >= 0.3 is 0 Å². The fourth-order valence-corrected chi connectivity index (χ4v) is 1.91. The minimum absolute atomic E-state index is 0.106. The van der Waals surface area contributed by atoms with Gasteiger partial charge in [0, 0.05) is 5.92 Å². The summed E-state index contributed by atoms with van der Waals surface area (Å²) in [6.07, 6.45) is 7.91. The van der Waals surface area contributed by atoms with Crippen molar-refractivity contribution in [1.82, 2.24) is 5.32 Å². The van der Waals surface area contributed by atoms with Crippen LogP contribution in [-0.2, 0) is 4.79 Å². The Morgan fingerprint density at radius 3 is 2.43 bits per heavy atom. The van der Waals surface area contributed by atoms with E-state index in [2.05, 4.69) is 19.2 Å². The van der Waals surface area contributed by atoms with Gasteiger partial charge in [-0.25, -0.2) is 0 Å². The Balaban J connectivity index is 4.14. The normalized spacial score (nSPS) is 17.4. The number of hydrogen-bond donors (Lipinski definition) is 3. The van der Waals surface area contributed by atoms with Crippen LogP contribution in [0.15, 0.2) is 12.2 Å². The highest BCUT2D eigenvalue weighted by molar-refractivity contribution is 5.78. The van der Waals surface area contributed by atoms with Gasteiger partial charge in [0.15, 0.2) is 0 Å². The van der Waals surface area contributed by atoms with Crippen LogP contribution in [0.25, 0.3) is 0 Å². The molecule has 0 heterocycles.